The molecule has 0 heterocycles. The monoisotopic (exact) mass is 345 g/mol. The van der Waals surface area contributed by atoms with Crippen molar-refractivity contribution in [3.05, 3.63) is 89.0 Å². The topological polar surface area (TPSA) is 66.4 Å². The summed E-state index contributed by atoms with van der Waals surface area (Å²) in [6.45, 7) is 3.95. The molecule has 0 unspecified atom stereocenters. The Balaban J connectivity index is 1.86. The number of anilines is 1. The molecule has 4 heteroatoms. The summed E-state index contributed by atoms with van der Waals surface area (Å²) in [6, 6.07) is 19.8. The lowest BCUT2D eigenvalue weighted by atomic mass is 9.98. The van der Waals surface area contributed by atoms with E-state index in [2.05, 4.69) is 5.32 Å². The first kappa shape index (κ1) is 17.4. The second-order valence-electron chi connectivity index (χ2n) is 6.23. The normalized spacial score (nSPS) is 10.4. The van der Waals surface area contributed by atoms with Crippen LogP contribution in [0, 0.1) is 13.8 Å². The van der Waals surface area contributed by atoms with Gasteiger partial charge in [0.05, 0.1) is 5.56 Å². The molecule has 26 heavy (non-hydrogen) atoms. The molecular weight excluding hydrogens is 326 g/mol. The van der Waals surface area contributed by atoms with Crippen molar-refractivity contribution in [3.63, 3.8) is 0 Å². The van der Waals surface area contributed by atoms with Gasteiger partial charge in [-0.05, 0) is 66.9 Å². The molecule has 0 aliphatic rings. The fraction of sp³-hybridized carbons (Fsp3) is 0.0909. The standard InChI is InChI=1S/C22H19NO3/c1-14-3-6-17(7-4-14)21(24)23-19-12-5-15(2)20(13-19)16-8-10-18(11-9-16)22(25)26/h3-13H,1-2H3,(H,23,24)(H,25,26). The summed E-state index contributed by atoms with van der Waals surface area (Å²) in [5, 5.41) is 11.9. The first-order valence-electron chi connectivity index (χ1n) is 8.26. The largest absolute Gasteiger partial charge is 0.478 e. The fourth-order valence-corrected chi connectivity index (χ4v) is 2.71. The summed E-state index contributed by atoms with van der Waals surface area (Å²) in [4.78, 5) is 23.4. The highest BCUT2D eigenvalue weighted by Gasteiger charge is 2.09. The molecule has 4 nitrogen and oxygen atoms in total. The molecule has 0 aliphatic carbocycles. The lowest BCUT2D eigenvalue weighted by molar-refractivity contribution is 0.0696. The van der Waals surface area contributed by atoms with E-state index in [0.717, 1.165) is 22.3 Å². The predicted octanol–water partition coefficient (Wildman–Crippen LogP) is 4.92. The van der Waals surface area contributed by atoms with E-state index < -0.39 is 5.97 Å². The third kappa shape index (κ3) is 3.81. The number of carbonyl (C=O) groups is 2. The maximum atomic E-state index is 12.4. The molecule has 0 saturated carbocycles. The first-order chi connectivity index (χ1) is 12.4. The average Bonchev–Trinajstić information content (AvgIpc) is 2.64. The van der Waals surface area contributed by atoms with Crippen molar-refractivity contribution in [2.45, 2.75) is 13.8 Å². The number of carboxylic acids is 1. The molecular formula is C22H19NO3. The van der Waals surface area contributed by atoms with E-state index >= 15 is 0 Å². The SMILES string of the molecule is Cc1ccc(C(=O)Nc2ccc(C)c(-c3ccc(C(=O)O)cc3)c2)cc1. The van der Waals surface area contributed by atoms with Crippen LogP contribution in [0.5, 0.6) is 0 Å². The van der Waals surface area contributed by atoms with E-state index in [1.54, 1.807) is 36.4 Å². The molecule has 0 spiro atoms. The molecule has 3 aromatic rings. The third-order valence-corrected chi connectivity index (χ3v) is 4.25. The van der Waals surface area contributed by atoms with Crippen LogP contribution in [0.15, 0.2) is 66.7 Å². The zero-order valence-corrected chi connectivity index (χ0v) is 14.6. The molecule has 1 amide bonds. The molecule has 2 N–H and O–H groups in total. The Morgan fingerprint density at radius 1 is 0.808 bits per heavy atom. The van der Waals surface area contributed by atoms with E-state index in [1.165, 1.54) is 0 Å². The van der Waals surface area contributed by atoms with Crippen LogP contribution in [0.3, 0.4) is 0 Å². The minimum atomic E-state index is -0.951. The van der Waals surface area contributed by atoms with Gasteiger partial charge in [0.2, 0.25) is 0 Å². The maximum absolute atomic E-state index is 12.4. The van der Waals surface area contributed by atoms with Crippen molar-refractivity contribution in [2.75, 3.05) is 5.32 Å². The van der Waals surface area contributed by atoms with Crippen LogP contribution in [0.2, 0.25) is 0 Å². The van der Waals surface area contributed by atoms with Crippen molar-refractivity contribution in [2.24, 2.45) is 0 Å². The van der Waals surface area contributed by atoms with Crippen LogP contribution < -0.4 is 5.32 Å². The van der Waals surface area contributed by atoms with Gasteiger partial charge in [-0.2, -0.15) is 0 Å². The summed E-state index contributed by atoms with van der Waals surface area (Å²) < 4.78 is 0. The number of nitrogens with one attached hydrogen (secondary N) is 1. The zero-order chi connectivity index (χ0) is 18.7. The highest BCUT2D eigenvalue weighted by molar-refractivity contribution is 6.04. The van der Waals surface area contributed by atoms with Gasteiger partial charge >= 0.3 is 5.97 Å². The molecule has 0 saturated heterocycles. The minimum Gasteiger partial charge on any atom is -0.478 e. The fourth-order valence-electron chi connectivity index (χ4n) is 2.71. The van der Waals surface area contributed by atoms with Crippen LogP contribution in [-0.4, -0.2) is 17.0 Å². The summed E-state index contributed by atoms with van der Waals surface area (Å²) >= 11 is 0. The highest BCUT2D eigenvalue weighted by atomic mass is 16.4. The van der Waals surface area contributed by atoms with Gasteiger partial charge in [0.25, 0.3) is 5.91 Å². The minimum absolute atomic E-state index is 0.166. The van der Waals surface area contributed by atoms with E-state index in [1.807, 2.05) is 44.2 Å². The van der Waals surface area contributed by atoms with Gasteiger partial charge in [-0.25, -0.2) is 4.79 Å². The number of benzene rings is 3. The number of amides is 1. The van der Waals surface area contributed by atoms with Crippen molar-refractivity contribution in [3.8, 4) is 11.1 Å². The number of aromatic carboxylic acids is 1. The Labute approximate surface area is 152 Å². The van der Waals surface area contributed by atoms with E-state index in [4.69, 9.17) is 5.11 Å². The third-order valence-electron chi connectivity index (χ3n) is 4.25. The number of carboxylic acid groups (broad SMARTS) is 1. The summed E-state index contributed by atoms with van der Waals surface area (Å²) in [7, 11) is 0. The second kappa shape index (κ2) is 7.23. The molecule has 3 rings (SSSR count). The van der Waals surface area contributed by atoms with Crippen LogP contribution in [-0.2, 0) is 0 Å². The lowest BCUT2D eigenvalue weighted by Gasteiger charge is -2.11. The molecule has 0 aromatic heterocycles. The van der Waals surface area contributed by atoms with Gasteiger partial charge in [0.15, 0.2) is 0 Å². The predicted molar refractivity (Wildman–Crippen MR) is 103 cm³/mol. The van der Waals surface area contributed by atoms with E-state index in [0.29, 0.717) is 11.3 Å². The Morgan fingerprint density at radius 2 is 1.42 bits per heavy atom. The van der Waals surface area contributed by atoms with Crippen LogP contribution in [0.25, 0.3) is 11.1 Å². The van der Waals surface area contributed by atoms with Gasteiger partial charge in [-0.3, -0.25) is 4.79 Å². The summed E-state index contributed by atoms with van der Waals surface area (Å²) in [6.07, 6.45) is 0. The number of carbonyl (C=O) groups excluding carboxylic acids is 1. The van der Waals surface area contributed by atoms with Gasteiger partial charge < -0.3 is 10.4 Å². The van der Waals surface area contributed by atoms with Crippen LogP contribution >= 0.6 is 0 Å². The quantitative estimate of drug-likeness (QED) is 0.705. The van der Waals surface area contributed by atoms with Crippen LogP contribution in [0.1, 0.15) is 31.8 Å². The van der Waals surface area contributed by atoms with Crippen molar-refractivity contribution in [1.82, 2.24) is 0 Å². The molecule has 130 valence electrons. The maximum Gasteiger partial charge on any atom is 0.335 e. The molecule has 0 fully saturated rings. The number of aryl methyl sites for hydroxylation is 2. The highest BCUT2D eigenvalue weighted by Crippen LogP contribution is 2.27. The Hall–Kier alpha value is -3.40. The van der Waals surface area contributed by atoms with Gasteiger partial charge in [0.1, 0.15) is 0 Å². The second-order valence-corrected chi connectivity index (χ2v) is 6.23. The molecule has 3 aromatic carbocycles. The van der Waals surface area contributed by atoms with Crippen molar-refractivity contribution < 1.29 is 14.7 Å². The zero-order valence-electron chi connectivity index (χ0n) is 14.6. The Morgan fingerprint density at radius 3 is 2.04 bits per heavy atom. The molecule has 0 aliphatic heterocycles. The smallest absolute Gasteiger partial charge is 0.335 e. The Bertz CT molecular complexity index is 958. The molecule has 0 atom stereocenters. The molecule has 0 radical (unpaired) electrons. The van der Waals surface area contributed by atoms with Crippen molar-refractivity contribution >= 4 is 17.6 Å². The number of hydrogen-bond donors (Lipinski definition) is 2. The number of rotatable bonds is 4. The van der Waals surface area contributed by atoms with E-state index in [9.17, 15) is 9.59 Å². The van der Waals surface area contributed by atoms with Crippen LogP contribution in [0.4, 0.5) is 5.69 Å². The average molecular weight is 345 g/mol. The Kier molecular flexibility index (Phi) is 4.85. The summed E-state index contributed by atoms with van der Waals surface area (Å²) in [5.74, 6) is -1.12. The van der Waals surface area contributed by atoms with Gasteiger partial charge in [-0.1, -0.05) is 35.9 Å². The van der Waals surface area contributed by atoms with Gasteiger partial charge in [0, 0.05) is 11.3 Å². The first-order valence-corrected chi connectivity index (χ1v) is 8.26. The lowest BCUT2D eigenvalue weighted by Crippen LogP contribution is -2.11. The van der Waals surface area contributed by atoms with Crippen molar-refractivity contribution in [1.29, 1.82) is 0 Å². The molecule has 0 bridgehead atoms. The van der Waals surface area contributed by atoms with E-state index in [-0.39, 0.29) is 11.5 Å². The van der Waals surface area contributed by atoms with Gasteiger partial charge in [-0.15, -0.1) is 0 Å². The summed E-state index contributed by atoms with van der Waals surface area (Å²) in [5.41, 5.74) is 5.53. The number of hydrogen-bond acceptors (Lipinski definition) is 2.